The molecule has 1 rings (SSSR count). The quantitative estimate of drug-likeness (QED) is 0.0336. The van der Waals surface area contributed by atoms with Crippen LogP contribution in [0.15, 0.2) is 0 Å². The molecule has 0 aromatic heterocycles. The van der Waals surface area contributed by atoms with Gasteiger partial charge in [-0.1, -0.05) is 162 Å². The van der Waals surface area contributed by atoms with Crippen LogP contribution in [0.1, 0.15) is 265 Å². The zero-order valence-corrected chi connectivity index (χ0v) is 42.9. The minimum Gasteiger partial charge on any atom is -0.466 e. The number of hydrogen-bond acceptors (Lipinski definition) is 9. The number of nitrogens with zero attached hydrogens (tertiary/aromatic N) is 1. The molecule has 0 spiro atoms. The normalized spacial score (nSPS) is 16.5. The molecule has 378 valence electrons. The highest BCUT2D eigenvalue weighted by atomic mass is 16.5. The summed E-state index contributed by atoms with van der Waals surface area (Å²) in [5.41, 5.74) is 0. The van der Waals surface area contributed by atoms with Crippen LogP contribution in [-0.4, -0.2) is 88.2 Å². The van der Waals surface area contributed by atoms with E-state index in [0.717, 1.165) is 129 Å². The lowest BCUT2D eigenvalue weighted by Crippen LogP contribution is -2.38. The molecule has 0 aromatic rings. The summed E-state index contributed by atoms with van der Waals surface area (Å²) in [7, 11) is 4.04. The highest BCUT2D eigenvalue weighted by Gasteiger charge is 2.32. The molecular weight excluding hydrogens is 803 g/mol. The zero-order valence-electron chi connectivity index (χ0n) is 42.9. The predicted octanol–water partition coefficient (Wildman–Crippen LogP) is 14.8. The predicted molar refractivity (Wildman–Crippen MR) is 266 cm³/mol. The van der Waals surface area contributed by atoms with E-state index >= 15 is 0 Å². The minimum atomic E-state index is -0.125. The van der Waals surface area contributed by atoms with Crippen molar-refractivity contribution in [3.8, 4) is 0 Å². The molecule has 1 fully saturated rings. The van der Waals surface area contributed by atoms with Gasteiger partial charge in [-0.25, -0.2) is 0 Å². The SMILES string of the molecule is CCCCCCCCCOC(=O)CCCCCCCOC1CCC(OCCCCCCCC(=O)OC(CCCCCCCC)CCCCCCCC)C(COC(=O)CCCN(C)C)C1. The van der Waals surface area contributed by atoms with Crippen LogP contribution in [0.5, 0.6) is 0 Å². The zero-order chi connectivity index (χ0) is 46.6. The molecule has 9 heteroatoms. The summed E-state index contributed by atoms with van der Waals surface area (Å²) in [5, 5.41) is 0. The fourth-order valence-corrected chi connectivity index (χ4v) is 8.97. The Morgan fingerprint density at radius 2 is 0.906 bits per heavy atom. The molecule has 9 nitrogen and oxygen atoms in total. The number of carbonyl (C=O) groups excluding carboxylic acids is 3. The Bertz CT molecular complexity index is 1040. The van der Waals surface area contributed by atoms with Crippen molar-refractivity contribution >= 4 is 17.9 Å². The molecule has 0 radical (unpaired) electrons. The maximum atomic E-state index is 12.8. The van der Waals surface area contributed by atoms with Crippen LogP contribution >= 0.6 is 0 Å². The number of hydrogen-bond donors (Lipinski definition) is 0. The number of unbranched alkanes of at least 4 members (excludes halogenated alkanes) is 24. The second-order valence-corrected chi connectivity index (χ2v) is 19.7. The molecule has 3 unspecified atom stereocenters. The van der Waals surface area contributed by atoms with Crippen LogP contribution in [0.4, 0.5) is 0 Å². The fourth-order valence-electron chi connectivity index (χ4n) is 8.97. The molecule has 3 atom stereocenters. The van der Waals surface area contributed by atoms with Gasteiger partial charge in [0.1, 0.15) is 6.10 Å². The monoisotopic (exact) mass is 908 g/mol. The molecular formula is C55H105NO8. The van der Waals surface area contributed by atoms with Crippen LogP contribution in [0.3, 0.4) is 0 Å². The van der Waals surface area contributed by atoms with Gasteiger partial charge in [0.05, 0.1) is 25.4 Å². The Labute approximate surface area is 395 Å². The van der Waals surface area contributed by atoms with Crippen molar-refractivity contribution in [1.29, 1.82) is 0 Å². The van der Waals surface area contributed by atoms with E-state index in [4.69, 9.17) is 23.7 Å². The summed E-state index contributed by atoms with van der Waals surface area (Å²) in [5.74, 6) is -0.0397. The van der Waals surface area contributed by atoms with Crippen LogP contribution < -0.4 is 0 Å². The first-order valence-corrected chi connectivity index (χ1v) is 27.7. The molecule has 1 aliphatic rings. The molecule has 0 heterocycles. The van der Waals surface area contributed by atoms with Crippen LogP contribution in [-0.2, 0) is 38.1 Å². The minimum absolute atomic E-state index is 0.00555. The first-order valence-electron chi connectivity index (χ1n) is 27.7. The van der Waals surface area contributed by atoms with Crippen LogP contribution in [0, 0.1) is 5.92 Å². The molecule has 0 amide bonds. The third-order valence-corrected chi connectivity index (χ3v) is 13.1. The van der Waals surface area contributed by atoms with Gasteiger partial charge in [-0.05, 0) is 104 Å². The Kier molecular flexibility index (Phi) is 42.5. The van der Waals surface area contributed by atoms with E-state index in [1.165, 1.54) is 109 Å². The summed E-state index contributed by atoms with van der Waals surface area (Å²) in [4.78, 5) is 39.6. The maximum Gasteiger partial charge on any atom is 0.306 e. The smallest absolute Gasteiger partial charge is 0.306 e. The van der Waals surface area contributed by atoms with Gasteiger partial charge in [0, 0.05) is 38.4 Å². The maximum absolute atomic E-state index is 12.8. The lowest BCUT2D eigenvalue weighted by atomic mass is 9.85. The molecule has 1 aliphatic carbocycles. The van der Waals surface area contributed by atoms with Gasteiger partial charge in [-0.15, -0.1) is 0 Å². The summed E-state index contributed by atoms with van der Waals surface area (Å²) in [6, 6.07) is 0. The van der Waals surface area contributed by atoms with E-state index in [1.54, 1.807) is 0 Å². The number of esters is 3. The van der Waals surface area contributed by atoms with Crippen LogP contribution in [0.2, 0.25) is 0 Å². The number of rotatable bonds is 47. The summed E-state index contributed by atoms with van der Waals surface area (Å²) >= 11 is 0. The standard InChI is InChI=1S/C55H105NO8/c1-6-9-12-15-18-25-34-46-62-53(57)38-30-23-19-26-32-44-60-51-41-42-52(49(47-51)48-63-54(58)40-35-43-56(4)5)61-45-33-27-20-24-31-39-55(59)64-50(36-28-21-16-13-10-7-2)37-29-22-17-14-11-8-3/h49-52H,6-48H2,1-5H3. The molecule has 0 aliphatic heterocycles. The molecule has 0 N–H and O–H groups in total. The van der Waals surface area contributed by atoms with E-state index in [0.29, 0.717) is 39.1 Å². The van der Waals surface area contributed by atoms with E-state index in [2.05, 4.69) is 25.7 Å². The summed E-state index contributed by atoms with van der Waals surface area (Å²) in [6.07, 6.45) is 41.5. The van der Waals surface area contributed by atoms with Gasteiger partial charge in [-0.2, -0.15) is 0 Å². The Morgan fingerprint density at radius 3 is 1.45 bits per heavy atom. The van der Waals surface area contributed by atoms with E-state index < -0.39 is 0 Å². The van der Waals surface area contributed by atoms with E-state index in [-0.39, 0.29) is 42.1 Å². The highest BCUT2D eigenvalue weighted by Crippen LogP contribution is 2.30. The fraction of sp³-hybridized carbons (Fsp3) is 0.945. The van der Waals surface area contributed by atoms with Gasteiger partial charge in [0.2, 0.25) is 0 Å². The third-order valence-electron chi connectivity index (χ3n) is 13.1. The van der Waals surface area contributed by atoms with E-state index in [1.807, 2.05) is 14.1 Å². The average Bonchev–Trinajstić information content (AvgIpc) is 3.28. The average molecular weight is 908 g/mol. The van der Waals surface area contributed by atoms with Crippen molar-refractivity contribution in [3.63, 3.8) is 0 Å². The summed E-state index contributed by atoms with van der Waals surface area (Å²) < 4.78 is 30.2. The lowest BCUT2D eigenvalue weighted by molar-refractivity contribution is -0.151. The van der Waals surface area contributed by atoms with Gasteiger partial charge in [0.15, 0.2) is 0 Å². The Morgan fingerprint density at radius 1 is 0.469 bits per heavy atom. The topological polar surface area (TPSA) is 101 Å². The second kappa shape index (κ2) is 45.1. The van der Waals surface area contributed by atoms with Gasteiger partial charge in [-0.3, -0.25) is 14.4 Å². The van der Waals surface area contributed by atoms with Gasteiger partial charge < -0.3 is 28.6 Å². The number of carbonyl (C=O) groups is 3. The Balaban J connectivity index is 2.34. The van der Waals surface area contributed by atoms with Crippen LogP contribution in [0.25, 0.3) is 0 Å². The Hall–Kier alpha value is -1.71. The largest absolute Gasteiger partial charge is 0.466 e. The van der Waals surface area contributed by atoms with Crippen molar-refractivity contribution in [2.45, 2.75) is 283 Å². The van der Waals surface area contributed by atoms with Crippen molar-refractivity contribution in [2.75, 3.05) is 47.1 Å². The van der Waals surface area contributed by atoms with Gasteiger partial charge in [0.25, 0.3) is 0 Å². The van der Waals surface area contributed by atoms with Crippen molar-refractivity contribution in [2.24, 2.45) is 5.92 Å². The summed E-state index contributed by atoms with van der Waals surface area (Å²) in [6.45, 7) is 10.0. The number of ether oxygens (including phenoxy) is 5. The van der Waals surface area contributed by atoms with Crippen molar-refractivity contribution < 1.29 is 38.1 Å². The molecule has 1 saturated carbocycles. The molecule has 0 aromatic carbocycles. The molecule has 0 saturated heterocycles. The van der Waals surface area contributed by atoms with Crippen molar-refractivity contribution in [1.82, 2.24) is 4.90 Å². The first-order chi connectivity index (χ1) is 31.3. The van der Waals surface area contributed by atoms with Gasteiger partial charge >= 0.3 is 17.9 Å². The first kappa shape index (κ1) is 60.3. The van der Waals surface area contributed by atoms with E-state index in [9.17, 15) is 14.4 Å². The lowest BCUT2D eigenvalue weighted by Gasteiger charge is -2.35. The molecule has 0 bridgehead atoms. The second-order valence-electron chi connectivity index (χ2n) is 19.7. The van der Waals surface area contributed by atoms with Crippen molar-refractivity contribution in [3.05, 3.63) is 0 Å². The third kappa shape index (κ3) is 38.4. The highest BCUT2D eigenvalue weighted by molar-refractivity contribution is 5.70. The molecule has 64 heavy (non-hydrogen) atoms.